The maximum Gasteiger partial charge on any atom is 0.251 e. The van der Waals surface area contributed by atoms with Crippen molar-refractivity contribution in [3.05, 3.63) is 57.8 Å². The predicted molar refractivity (Wildman–Crippen MR) is 89.6 cm³/mol. The lowest BCUT2D eigenvalue weighted by molar-refractivity contribution is 0.407. The molecule has 2 aromatic rings. The first kappa shape index (κ1) is 15.7. The fourth-order valence-corrected chi connectivity index (χ4v) is 2.90. The minimum Gasteiger partial charge on any atom is -0.497 e. The Morgan fingerprint density at radius 1 is 1.30 bits per heavy atom. The molecule has 1 aromatic carbocycles. The molecule has 0 saturated heterocycles. The van der Waals surface area contributed by atoms with Crippen LogP contribution in [0.3, 0.4) is 0 Å². The quantitative estimate of drug-likeness (QED) is 0.860. The summed E-state index contributed by atoms with van der Waals surface area (Å²) in [5.74, 6) is 2.19. The number of aromatic amines is 1. The van der Waals surface area contributed by atoms with E-state index in [1.807, 2.05) is 26.0 Å². The Kier molecular flexibility index (Phi) is 4.48. The number of hydrogen-bond donors (Lipinski definition) is 2. The maximum absolute atomic E-state index is 11.7. The standard InChI is InChI=1S/C18H23N3O2/c1-11-10-16(22)21-18(19-11)12(2)20-17(13-4-5-13)14-6-8-15(23-3)9-7-14/h6-10,12-13,17,20H,4-5H2,1-3H3,(H,19,21,22). The number of ether oxygens (including phenoxy) is 1. The van der Waals surface area contributed by atoms with E-state index in [0.717, 1.165) is 11.4 Å². The van der Waals surface area contributed by atoms with Gasteiger partial charge in [-0.25, -0.2) is 4.98 Å². The lowest BCUT2D eigenvalue weighted by Gasteiger charge is -2.23. The summed E-state index contributed by atoms with van der Waals surface area (Å²) < 4.78 is 5.23. The number of nitrogens with zero attached hydrogens (tertiary/aromatic N) is 1. The molecule has 1 saturated carbocycles. The van der Waals surface area contributed by atoms with Gasteiger partial charge in [0.25, 0.3) is 5.56 Å². The fourth-order valence-electron chi connectivity index (χ4n) is 2.90. The van der Waals surface area contributed by atoms with Gasteiger partial charge in [0.05, 0.1) is 13.2 Å². The molecule has 0 bridgehead atoms. The van der Waals surface area contributed by atoms with Crippen LogP contribution in [-0.4, -0.2) is 17.1 Å². The average Bonchev–Trinajstić information content (AvgIpc) is 3.36. The molecule has 23 heavy (non-hydrogen) atoms. The number of rotatable bonds is 6. The van der Waals surface area contributed by atoms with Gasteiger partial charge in [-0.1, -0.05) is 12.1 Å². The van der Waals surface area contributed by atoms with Crippen molar-refractivity contribution in [1.82, 2.24) is 15.3 Å². The average molecular weight is 313 g/mol. The smallest absolute Gasteiger partial charge is 0.251 e. The number of nitrogens with one attached hydrogen (secondary N) is 2. The van der Waals surface area contributed by atoms with Crippen molar-refractivity contribution in [2.24, 2.45) is 5.92 Å². The molecule has 3 rings (SSSR count). The molecule has 2 unspecified atom stereocenters. The Morgan fingerprint density at radius 3 is 2.57 bits per heavy atom. The van der Waals surface area contributed by atoms with Crippen LogP contribution < -0.4 is 15.6 Å². The van der Waals surface area contributed by atoms with E-state index in [2.05, 4.69) is 27.4 Å². The molecular weight excluding hydrogens is 290 g/mol. The molecule has 2 N–H and O–H groups in total. The normalized spacial score (nSPS) is 16.8. The Hall–Kier alpha value is -2.14. The number of aromatic nitrogens is 2. The maximum atomic E-state index is 11.7. The summed E-state index contributed by atoms with van der Waals surface area (Å²) in [5.41, 5.74) is 1.88. The lowest BCUT2D eigenvalue weighted by Crippen LogP contribution is -2.29. The van der Waals surface area contributed by atoms with E-state index < -0.39 is 0 Å². The third-order valence-electron chi connectivity index (χ3n) is 4.30. The van der Waals surface area contributed by atoms with E-state index in [0.29, 0.717) is 11.7 Å². The SMILES string of the molecule is COc1ccc(C(NC(C)c2nc(C)cc(=O)[nH]2)C2CC2)cc1. The van der Waals surface area contributed by atoms with Gasteiger partial charge in [-0.05, 0) is 50.3 Å². The van der Waals surface area contributed by atoms with Crippen LogP contribution in [0.1, 0.15) is 48.9 Å². The molecule has 2 atom stereocenters. The van der Waals surface area contributed by atoms with Gasteiger partial charge in [0, 0.05) is 17.8 Å². The van der Waals surface area contributed by atoms with Crippen LogP contribution in [0.4, 0.5) is 0 Å². The van der Waals surface area contributed by atoms with Crippen LogP contribution in [0.25, 0.3) is 0 Å². The Bertz CT molecular complexity index is 720. The molecule has 1 heterocycles. The lowest BCUT2D eigenvalue weighted by atomic mass is 10.0. The molecule has 0 spiro atoms. The van der Waals surface area contributed by atoms with Gasteiger partial charge in [-0.3, -0.25) is 4.79 Å². The first-order valence-corrected chi connectivity index (χ1v) is 8.04. The summed E-state index contributed by atoms with van der Waals surface area (Å²) >= 11 is 0. The highest BCUT2D eigenvalue weighted by molar-refractivity contribution is 5.30. The largest absolute Gasteiger partial charge is 0.497 e. The van der Waals surface area contributed by atoms with E-state index in [-0.39, 0.29) is 17.6 Å². The molecule has 122 valence electrons. The minimum absolute atomic E-state index is 0.0182. The van der Waals surface area contributed by atoms with Gasteiger partial charge in [-0.2, -0.15) is 0 Å². The van der Waals surface area contributed by atoms with Gasteiger partial charge < -0.3 is 15.0 Å². The van der Waals surface area contributed by atoms with Crippen molar-refractivity contribution >= 4 is 0 Å². The van der Waals surface area contributed by atoms with Gasteiger partial charge in [0.2, 0.25) is 0 Å². The second-order valence-electron chi connectivity index (χ2n) is 6.25. The number of methoxy groups -OCH3 is 1. The Balaban J connectivity index is 1.80. The Morgan fingerprint density at radius 2 is 2.00 bits per heavy atom. The topological polar surface area (TPSA) is 67.0 Å². The summed E-state index contributed by atoms with van der Waals surface area (Å²) in [5, 5.41) is 3.63. The molecule has 1 aromatic heterocycles. The highest BCUT2D eigenvalue weighted by atomic mass is 16.5. The zero-order valence-electron chi connectivity index (χ0n) is 13.8. The van der Waals surface area contributed by atoms with E-state index in [4.69, 9.17) is 4.74 Å². The van der Waals surface area contributed by atoms with Crippen molar-refractivity contribution in [1.29, 1.82) is 0 Å². The van der Waals surface area contributed by atoms with E-state index in [9.17, 15) is 4.79 Å². The monoisotopic (exact) mass is 313 g/mol. The molecule has 0 aliphatic heterocycles. The number of benzene rings is 1. The fraction of sp³-hybridized carbons (Fsp3) is 0.444. The molecule has 5 nitrogen and oxygen atoms in total. The van der Waals surface area contributed by atoms with Gasteiger partial charge in [0.1, 0.15) is 11.6 Å². The van der Waals surface area contributed by atoms with Crippen LogP contribution in [0.15, 0.2) is 35.1 Å². The summed E-state index contributed by atoms with van der Waals surface area (Å²) in [4.78, 5) is 18.9. The third-order valence-corrected chi connectivity index (χ3v) is 4.30. The summed E-state index contributed by atoms with van der Waals surface area (Å²) in [6.45, 7) is 3.88. The number of H-pyrrole nitrogens is 1. The highest BCUT2D eigenvalue weighted by Gasteiger charge is 2.33. The van der Waals surface area contributed by atoms with Gasteiger partial charge in [-0.15, -0.1) is 0 Å². The van der Waals surface area contributed by atoms with Crippen molar-refractivity contribution in [2.75, 3.05) is 7.11 Å². The summed E-state index contributed by atoms with van der Waals surface area (Å²) in [6.07, 6.45) is 2.46. The van der Waals surface area contributed by atoms with Crippen LogP contribution in [0, 0.1) is 12.8 Å². The van der Waals surface area contributed by atoms with Crippen molar-refractivity contribution in [2.45, 2.75) is 38.8 Å². The molecule has 1 aliphatic rings. The van der Waals surface area contributed by atoms with E-state index in [1.165, 1.54) is 24.5 Å². The molecule has 0 radical (unpaired) electrons. The molecular formula is C18H23N3O2. The van der Waals surface area contributed by atoms with Crippen molar-refractivity contribution < 1.29 is 4.74 Å². The first-order valence-electron chi connectivity index (χ1n) is 8.04. The van der Waals surface area contributed by atoms with Crippen LogP contribution in [0.2, 0.25) is 0 Å². The summed E-state index contributed by atoms with van der Waals surface area (Å²) in [7, 11) is 1.67. The minimum atomic E-state index is -0.103. The molecule has 1 aliphatic carbocycles. The summed E-state index contributed by atoms with van der Waals surface area (Å²) in [6, 6.07) is 9.95. The van der Waals surface area contributed by atoms with E-state index in [1.54, 1.807) is 7.11 Å². The second-order valence-corrected chi connectivity index (χ2v) is 6.25. The second kappa shape index (κ2) is 6.54. The number of hydrogen-bond acceptors (Lipinski definition) is 4. The van der Waals surface area contributed by atoms with Crippen molar-refractivity contribution in [3.8, 4) is 5.75 Å². The van der Waals surface area contributed by atoms with E-state index >= 15 is 0 Å². The highest BCUT2D eigenvalue weighted by Crippen LogP contribution is 2.42. The van der Waals surface area contributed by atoms with Gasteiger partial charge >= 0.3 is 0 Å². The van der Waals surface area contributed by atoms with Crippen LogP contribution >= 0.6 is 0 Å². The zero-order valence-corrected chi connectivity index (χ0v) is 13.8. The predicted octanol–water partition coefficient (Wildman–Crippen LogP) is 2.89. The first-order chi connectivity index (χ1) is 11.1. The van der Waals surface area contributed by atoms with Crippen LogP contribution in [0.5, 0.6) is 5.75 Å². The van der Waals surface area contributed by atoms with Crippen molar-refractivity contribution in [3.63, 3.8) is 0 Å². The van der Waals surface area contributed by atoms with Gasteiger partial charge in [0.15, 0.2) is 0 Å². The molecule has 5 heteroatoms. The zero-order chi connectivity index (χ0) is 16.4. The molecule has 1 fully saturated rings. The van der Waals surface area contributed by atoms with Crippen LogP contribution in [-0.2, 0) is 0 Å². The Labute approximate surface area is 136 Å². The number of aryl methyl sites for hydroxylation is 1. The third kappa shape index (κ3) is 3.79. The molecule has 0 amide bonds.